The Hall–Kier alpha value is -1.15. The molecule has 8 heteroatoms. The highest BCUT2D eigenvalue weighted by atomic mass is 35.5. The quantitative estimate of drug-likeness (QED) is 0.832. The lowest BCUT2D eigenvalue weighted by Gasteiger charge is -2.39. The number of rotatable bonds is 3. The number of benzene rings is 1. The first-order valence-electron chi connectivity index (χ1n) is 8.90. The molecule has 0 bridgehead atoms. The topological polar surface area (TPSA) is 83.7 Å². The molecule has 0 aromatic heterocycles. The number of nitrogens with two attached hydrogens (primary N) is 1. The van der Waals surface area contributed by atoms with E-state index in [0.717, 1.165) is 24.8 Å². The van der Waals surface area contributed by atoms with Crippen molar-refractivity contribution in [2.45, 2.75) is 30.8 Å². The van der Waals surface area contributed by atoms with E-state index in [2.05, 4.69) is 0 Å². The van der Waals surface area contributed by atoms with E-state index in [-0.39, 0.29) is 36.2 Å². The molecule has 26 heavy (non-hydrogen) atoms. The molecule has 1 aromatic rings. The van der Waals surface area contributed by atoms with Crippen molar-refractivity contribution in [3.8, 4) is 0 Å². The van der Waals surface area contributed by atoms with Crippen LogP contribution in [-0.2, 0) is 14.8 Å². The maximum absolute atomic E-state index is 12.8. The summed E-state index contributed by atoms with van der Waals surface area (Å²) in [7, 11) is -3.30. The van der Waals surface area contributed by atoms with Gasteiger partial charge in [0.2, 0.25) is 15.9 Å². The molecule has 0 spiro atoms. The molecule has 1 saturated carbocycles. The zero-order valence-corrected chi connectivity index (χ0v) is 16.5. The lowest BCUT2D eigenvalue weighted by atomic mass is 9.76. The summed E-state index contributed by atoms with van der Waals surface area (Å²) in [6.45, 7) is 1.68. The molecule has 2 aliphatic heterocycles. The molecule has 0 unspecified atom stereocenters. The second-order valence-electron chi connectivity index (χ2n) is 7.83. The number of carbonyl (C=O) groups excluding carboxylic acids is 1. The third kappa shape index (κ3) is 3.15. The zero-order valence-electron chi connectivity index (χ0n) is 14.9. The van der Waals surface area contributed by atoms with Crippen molar-refractivity contribution in [2.24, 2.45) is 17.6 Å². The third-order valence-electron chi connectivity index (χ3n) is 6.15. The predicted molar refractivity (Wildman–Crippen MR) is 102 cm³/mol. The van der Waals surface area contributed by atoms with Crippen LogP contribution in [0.2, 0.25) is 0 Å². The summed E-state index contributed by atoms with van der Waals surface area (Å²) >= 11 is 0. The second-order valence-corrected chi connectivity index (χ2v) is 9.77. The molecule has 2 heterocycles. The fraction of sp³-hybridized carbons (Fsp3) is 0.611. The first-order chi connectivity index (χ1) is 11.8. The first-order valence-corrected chi connectivity index (χ1v) is 10.7. The maximum atomic E-state index is 12.8. The van der Waals surface area contributed by atoms with Gasteiger partial charge < -0.3 is 10.6 Å². The number of fused-ring (bicyclic) bond motifs is 1. The minimum absolute atomic E-state index is 0. The fourth-order valence-corrected chi connectivity index (χ4v) is 5.82. The minimum atomic E-state index is -3.30. The third-order valence-corrected chi connectivity index (χ3v) is 7.38. The molecule has 4 rings (SSSR count). The van der Waals surface area contributed by atoms with Crippen LogP contribution in [0.25, 0.3) is 0 Å². The normalized spacial score (nSPS) is 30.4. The minimum Gasteiger partial charge on any atom is -0.340 e. The van der Waals surface area contributed by atoms with Crippen LogP contribution in [0.1, 0.15) is 30.9 Å². The van der Waals surface area contributed by atoms with Gasteiger partial charge >= 0.3 is 0 Å². The Kier molecular flexibility index (Phi) is 5.11. The van der Waals surface area contributed by atoms with Gasteiger partial charge in [0.05, 0.1) is 17.8 Å². The number of hydrogen-bond donors (Lipinski definition) is 1. The molecule has 2 saturated heterocycles. The maximum Gasteiger partial charge on any atom is 0.242 e. The Labute approximate surface area is 161 Å². The predicted octanol–water partition coefficient (Wildman–Crippen LogP) is 1.38. The van der Waals surface area contributed by atoms with Crippen LogP contribution in [0.3, 0.4) is 0 Å². The van der Waals surface area contributed by atoms with Gasteiger partial charge in [-0.3, -0.25) is 4.79 Å². The van der Waals surface area contributed by atoms with E-state index in [1.54, 1.807) is 4.31 Å². The van der Waals surface area contributed by atoms with E-state index in [4.69, 9.17) is 5.73 Å². The van der Waals surface area contributed by atoms with Crippen LogP contribution in [0.15, 0.2) is 30.3 Å². The van der Waals surface area contributed by atoms with E-state index in [9.17, 15) is 13.2 Å². The molecule has 2 N–H and O–H groups in total. The standard InChI is InChI=1S/C18H25N3O3S.ClH/c1-25(23,24)21-11-14-10-20(17(22)18(19)8-5-9-18)12-15(14)16(21)13-6-3-2-4-7-13;/h2-4,6-7,14-16H,5,8-12,19H2,1H3;1H/t14-,15-,16+;/m1./s1. The van der Waals surface area contributed by atoms with E-state index < -0.39 is 15.6 Å². The number of amides is 1. The molecule has 144 valence electrons. The zero-order chi connectivity index (χ0) is 17.8. The van der Waals surface area contributed by atoms with Gasteiger partial charge in [-0.2, -0.15) is 4.31 Å². The number of halogens is 1. The van der Waals surface area contributed by atoms with Crippen molar-refractivity contribution in [3.05, 3.63) is 35.9 Å². The Bertz CT molecular complexity index is 782. The molecule has 1 aliphatic carbocycles. The van der Waals surface area contributed by atoms with Gasteiger partial charge in [-0.1, -0.05) is 30.3 Å². The van der Waals surface area contributed by atoms with E-state index in [1.165, 1.54) is 6.26 Å². The van der Waals surface area contributed by atoms with Crippen LogP contribution < -0.4 is 5.73 Å². The van der Waals surface area contributed by atoms with Crippen LogP contribution in [-0.4, -0.2) is 55.0 Å². The SMILES string of the molecule is CS(=O)(=O)N1C[C@H]2CN(C(=O)C3(N)CCC3)C[C@H]2[C@@H]1c1ccccc1.Cl. The molecule has 1 amide bonds. The van der Waals surface area contributed by atoms with Gasteiger partial charge in [0.1, 0.15) is 0 Å². The van der Waals surface area contributed by atoms with Gasteiger partial charge in [0.25, 0.3) is 0 Å². The van der Waals surface area contributed by atoms with Gasteiger partial charge in [0.15, 0.2) is 0 Å². The van der Waals surface area contributed by atoms with Crippen molar-refractivity contribution in [1.82, 2.24) is 9.21 Å². The Balaban J connectivity index is 0.00000196. The average Bonchev–Trinajstić information content (AvgIpc) is 3.09. The van der Waals surface area contributed by atoms with E-state index in [0.29, 0.717) is 19.6 Å². The highest BCUT2D eigenvalue weighted by Crippen LogP contribution is 2.47. The van der Waals surface area contributed by atoms with Crippen molar-refractivity contribution < 1.29 is 13.2 Å². The molecule has 1 aromatic carbocycles. The lowest BCUT2D eigenvalue weighted by molar-refractivity contribution is -0.139. The Morgan fingerprint density at radius 1 is 1.15 bits per heavy atom. The van der Waals surface area contributed by atoms with Crippen LogP contribution >= 0.6 is 12.4 Å². The summed E-state index contributed by atoms with van der Waals surface area (Å²) < 4.78 is 26.2. The summed E-state index contributed by atoms with van der Waals surface area (Å²) in [5, 5.41) is 0. The monoisotopic (exact) mass is 399 g/mol. The van der Waals surface area contributed by atoms with Crippen LogP contribution in [0.4, 0.5) is 0 Å². The van der Waals surface area contributed by atoms with E-state index in [1.807, 2.05) is 35.2 Å². The summed E-state index contributed by atoms with van der Waals surface area (Å²) in [4.78, 5) is 14.7. The van der Waals surface area contributed by atoms with Crippen LogP contribution in [0.5, 0.6) is 0 Å². The second kappa shape index (κ2) is 6.78. The van der Waals surface area contributed by atoms with Crippen molar-refractivity contribution in [3.63, 3.8) is 0 Å². The first kappa shape index (κ1) is 19.6. The van der Waals surface area contributed by atoms with Crippen molar-refractivity contribution in [1.29, 1.82) is 0 Å². The van der Waals surface area contributed by atoms with Gasteiger partial charge in [-0.15, -0.1) is 12.4 Å². The number of likely N-dealkylation sites (tertiary alicyclic amines) is 1. The summed E-state index contributed by atoms with van der Waals surface area (Å²) in [6, 6.07) is 9.56. The summed E-state index contributed by atoms with van der Waals surface area (Å²) in [5.74, 6) is 0.350. The molecular weight excluding hydrogens is 374 g/mol. The highest BCUT2D eigenvalue weighted by molar-refractivity contribution is 7.88. The number of sulfonamides is 1. The van der Waals surface area contributed by atoms with Crippen LogP contribution in [0, 0.1) is 11.8 Å². The number of nitrogens with zero attached hydrogens (tertiary/aromatic N) is 2. The molecule has 6 nitrogen and oxygen atoms in total. The Morgan fingerprint density at radius 3 is 2.35 bits per heavy atom. The van der Waals surface area contributed by atoms with Gasteiger partial charge in [0, 0.05) is 25.6 Å². The molecule has 3 atom stereocenters. The van der Waals surface area contributed by atoms with E-state index >= 15 is 0 Å². The molecule has 3 fully saturated rings. The van der Waals surface area contributed by atoms with Gasteiger partial charge in [-0.05, 0) is 30.7 Å². The number of carbonyl (C=O) groups is 1. The lowest BCUT2D eigenvalue weighted by Crippen LogP contribution is -2.59. The average molecular weight is 400 g/mol. The summed E-state index contributed by atoms with van der Waals surface area (Å²) in [6.07, 6.45) is 3.80. The molecule has 3 aliphatic rings. The molecular formula is C18H26ClN3O3S. The van der Waals surface area contributed by atoms with Crippen molar-refractivity contribution in [2.75, 3.05) is 25.9 Å². The van der Waals surface area contributed by atoms with Crippen molar-refractivity contribution >= 4 is 28.3 Å². The van der Waals surface area contributed by atoms with Gasteiger partial charge in [-0.25, -0.2) is 8.42 Å². The largest absolute Gasteiger partial charge is 0.340 e. The number of hydrogen-bond acceptors (Lipinski definition) is 4. The smallest absolute Gasteiger partial charge is 0.242 e. The highest BCUT2D eigenvalue weighted by Gasteiger charge is 2.53. The summed E-state index contributed by atoms with van der Waals surface area (Å²) in [5.41, 5.74) is 6.54. The fourth-order valence-electron chi connectivity index (χ4n) is 4.66. The Morgan fingerprint density at radius 2 is 1.81 bits per heavy atom. The molecule has 0 radical (unpaired) electrons.